The van der Waals surface area contributed by atoms with E-state index in [4.69, 9.17) is 21.1 Å². The van der Waals surface area contributed by atoms with Crippen molar-refractivity contribution in [2.45, 2.75) is 4.90 Å². The third-order valence-electron chi connectivity index (χ3n) is 2.60. The normalized spacial score (nSPS) is 10.5. The summed E-state index contributed by atoms with van der Waals surface area (Å²) in [7, 11) is 3.20. The van der Waals surface area contributed by atoms with Gasteiger partial charge in [-0.25, -0.2) is 0 Å². The fourth-order valence-electron chi connectivity index (χ4n) is 1.57. The highest BCUT2D eigenvalue weighted by Gasteiger charge is 2.18. The van der Waals surface area contributed by atoms with E-state index in [0.29, 0.717) is 41.8 Å². The first-order chi connectivity index (χ1) is 9.10. The van der Waals surface area contributed by atoms with Crippen molar-refractivity contribution >= 4 is 30.1 Å². The Morgan fingerprint density at radius 1 is 1.26 bits per heavy atom. The predicted octanol–water partition coefficient (Wildman–Crippen LogP) is 2.36. The molecule has 0 unspecified atom stereocenters. The molecule has 106 valence electrons. The molecule has 0 saturated carbocycles. The Bertz CT molecular complexity index is 420. The highest BCUT2D eigenvalue weighted by molar-refractivity contribution is 7.80. The van der Waals surface area contributed by atoms with Crippen LogP contribution < -0.4 is 0 Å². The zero-order valence-corrected chi connectivity index (χ0v) is 12.7. The van der Waals surface area contributed by atoms with Crippen LogP contribution in [-0.2, 0) is 9.47 Å². The van der Waals surface area contributed by atoms with E-state index in [2.05, 4.69) is 12.6 Å². The summed E-state index contributed by atoms with van der Waals surface area (Å²) in [5.74, 6) is -0.144. The van der Waals surface area contributed by atoms with Gasteiger partial charge >= 0.3 is 0 Å². The summed E-state index contributed by atoms with van der Waals surface area (Å²) in [5.41, 5.74) is 0.446. The van der Waals surface area contributed by atoms with E-state index >= 15 is 0 Å². The number of hydrogen-bond acceptors (Lipinski definition) is 4. The molecule has 0 aliphatic carbocycles. The number of hydrogen-bond donors (Lipinski definition) is 1. The quantitative estimate of drug-likeness (QED) is 0.786. The predicted molar refractivity (Wildman–Crippen MR) is 78.4 cm³/mol. The van der Waals surface area contributed by atoms with Crippen LogP contribution >= 0.6 is 24.2 Å². The standard InChI is InChI=1S/C13H18ClNO3S/c1-17-7-5-15(6-8-18-2)13(16)11-9-10(19)3-4-12(11)14/h3-4,9,19H,5-8H2,1-2H3. The number of methoxy groups -OCH3 is 2. The molecule has 19 heavy (non-hydrogen) atoms. The first-order valence-electron chi connectivity index (χ1n) is 5.85. The first-order valence-corrected chi connectivity index (χ1v) is 6.68. The van der Waals surface area contributed by atoms with E-state index in [1.807, 2.05) is 0 Å². The molecular weight excluding hydrogens is 286 g/mol. The minimum atomic E-state index is -0.144. The zero-order valence-electron chi connectivity index (χ0n) is 11.1. The highest BCUT2D eigenvalue weighted by Crippen LogP contribution is 2.21. The maximum absolute atomic E-state index is 12.4. The van der Waals surface area contributed by atoms with Crippen LogP contribution in [0.5, 0.6) is 0 Å². The van der Waals surface area contributed by atoms with Gasteiger partial charge in [0.1, 0.15) is 0 Å². The van der Waals surface area contributed by atoms with E-state index in [1.54, 1.807) is 37.3 Å². The molecule has 0 aliphatic rings. The van der Waals surface area contributed by atoms with Crippen LogP contribution in [0.25, 0.3) is 0 Å². The SMILES string of the molecule is COCCN(CCOC)C(=O)c1cc(S)ccc1Cl. The lowest BCUT2D eigenvalue weighted by molar-refractivity contribution is 0.0627. The van der Waals surface area contributed by atoms with Gasteiger partial charge in [-0.05, 0) is 18.2 Å². The Balaban J connectivity index is 2.87. The van der Waals surface area contributed by atoms with Gasteiger partial charge in [-0.3, -0.25) is 4.79 Å². The van der Waals surface area contributed by atoms with Crippen molar-refractivity contribution in [1.82, 2.24) is 4.90 Å². The molecule has 1 aromatic rings. The summed E-state index contributed by atoms with van der Waals surface area (Å²) in [5, 5.41) is 0.419. The fraction of sp³-hybridized carbons (Fsp3) is 0.462. The third kappa shape index (κ3) is 5.03. The van der Waals surface area contributed by atoms with Crippen molar-refractivity contribution in [3.05, 3.63) is 28.8 Å². The largest absolute Gasteiger partial charge is 0.383 e. The van der Waals surface area contributed by atoms with Crippen LogP contribution in [0.2, 0.25) is 5.02 Å². The van der Waals surface area contributed by atoms with Gasteiger partial charge in [-0.15, -0.1) is 12.6 Å². The van der Waals surface area contributed by atoms with Crippen molar-refractivity contribution in [2.24, 2.45) is 0 Å². The summed E-state index contributed by atoms with van der Waals surface area (Å²) in [4.78, 5) is 14.8. The van der Waals surface area contributed by atoms with Gasteiger partial charge in [0.2, 0.25) is 0 Å². The van der Waals surface area contributed by atoms with Crippen molar-refractivity contribution < 1.29 is 14.3 Å². The van der Waals surface area contributed by atoms with E-state index in [1.165, 1.54) is 0 Å². The summed E-state index contributed by atoms with van der Waals surface area (Å²) < 4.78 is 10.0. The number of halogens is 1. The highest BCUT2D eigenvalue weighted by atomic mass is 35.5. The molecule has 0 aliphatic heterocycles. The fourth-order valence-corrected chi connectivity index (χ4v) is 1.97. The minimum Gasteiger partial charge on any atom is -0.383 e. The lowest BCUT2D eigenvalue weighted by Gasteiger charge is -2.22. The molecule has 4 nitrogen and oxygen atoms in total. The number of rotatable bonds is 7. The van der Waals surface area contributed by atoms with E-state index in [9.17, 15) is 4.79 Å². The molecular formula is C13H18ClNO3S. The van der Waals surface area contributed by atoms with Crippen molar-refractivity contribution in [1.29, 1.82) is 0 Å². The van der Waals surface area contributed by atoms with Gasteiger partial charge in [0.05, 0.1) is 23.8 Å². The molecule has 1 rings (SSSR count). The molecule has 1 amide bonds. The smallest absolute Gasteiger partial charge is 0.255 e. The third-order valence-corrected chi connectivity index (χ3v) is 3.21. The van der Waals surface area contributed by atoms with Crippen LogP contribution in [0.3, 0.4) is 0 Å². The van der Waals surface area contributed by atoms with Crippen LogP contribution in [-0.4, -0.2) is 51.3 Å². The number of thiol groups is 1. The summed E-state index contributed by atoms with van der Waals surface area (Å²) >= 11 is 10.3. The number of nitrogens with zero attached hydrogens (tertiary/aromatic N) is 1. The molecule has 6 heteroatoms. The van der Waals surface area contributed by atoms with E-state index < -0.39 is 0 Å². The van der Waals surface area contributed by atoms with Crippen LogP contribution in [0, 0.1) is 0 Å². The minimum absolute atomic E-state index is 0.144. The molecule has 0 aromatic heterocycles. The molecule has 0 bridgehead atoms. The average molecular weight is 304 g/mol. The summed E-state index contributed by atoms with van der Waals surface area (Å²) in [6.45, 7) is 1.92. The van der Waals surface area contributed by atoms with E-state index in [0.717, 1.165) is 0 Å². The molecule has 0 saturated heterocycles. The Kier molecular flexibility index (Phi) is 7.23. The van der Waals surface area contributed by atoms with Crippen LogP contribution in [0.15, 0.2) is 23.1 Å². The average Bonchev–Trinajstić information content (AvgIpc) is 2.41. The lowest BCUT2D eigenvalue weighted by atomic mass is 10.2. The number of amides is 1. The van der Waals surface area contributed by atoms with Gasteiger partial charge in [-0.1, -0.05) is 11.6 Å². The second-order valence-electron chi connectivity index (χ2n) is 3.94. The monoisotopic (exact) mass is 303 g/mol. The molecule has 0 atom stereocenters. The maximum Gasteiger partial charge on any atom is 0.255 e. The second kappa shape index (κ2) is 8.43. The van der Waals surface area contributed by atoms with Gasteiger partial charge in [0.25, 0.3) is 5.91 Å². The molecule has 1 aromatic carbocycles. The van der Waals surface area contributed by atoms with Crippen molar-refractivity contribution in [3.63, 3.8) is 0 Å². The Morgan fingerprint density at radius 3 is 2.37 bits per heavy atom. The zero-order chi connectivity index (χ0) is 14.3. The molecule has 0 radical (unpaired) electrons. The Morgan fingerprint density at radius 2 is 1.84 bits per heavy atom. The van der Waals surface area contributed by atoms with Crippen LogP contribution in [0.4, 0.5) is 0 Å². The number of carbonyl (C=O) groups excluding carboxylic acids is 1. The summed E-state index contributed by atoms with van der Waals surface area (Å²) in [6.07, 6.45) is 0. The first kappa shape index (κ1) is 16.3. The molecule has 0 fully saturated rings. The van der Waals surface area contributed by atoms with Gasteiger partial charge in [-0.2, -0.15) is 0 Å². The van der Waals surface area contributed by atoms with Crippen molar-refractivity contribution in [3.8, 4) is 0 Å². The molecule has 0 N–H and O–H groups in total. The van der Waals surface area contributed by atoms with Gasteiger partial charge in [0.15, 0.2) is 0 Å². The molecule has 0 spiro atoms. The summed E-state index contributed by atoms with van der Waals surface area (Å²) in [6, 6.07) is 5.08. The Hall–Kier alpha value is -0.750. The second-order valence-corrected chi connectivity index (χ2v) is 4.87. The number of carbonyl (C=O) groups is 1. The molecule has 0 heterocycles. The van der Waals surface area contributed by atoms with E-state index in [-0.39, 0.29) is 5.91 Å². The number of ether oxygens (including phenoxy) is 2. The van der Waals surface area contributed by atoms with Gasteiger partial charge < -0.3 is 14.4 Å². The Labute approximate surface area is 124 Å². The maximum atomic E-state index is 12.4. The van der Waals surface area contributed by atoms with Gasteiger partial charge in [0, 0.05) is 32.2 Å². The van der Waals surface area contributed by atoms with Crippen molar-refractivity contribution in [2.75, 3.05) is 40.5 Å². The topological polar surface area (TPSA) is 38.8 Å². The van der Waals surface area contributed by atoms with Crippen LogP contribution in [0.1, 0.15) is 10.4 Å². The lowest BCUT2D eigenvalue weighted by Crippen LogP contribution is -2.36. The number of benzene rings is 1.